The molecule has 6 atom stereocenters. The molecular weight excluding hydrogens is 801 g/mol. The van der Waals surface area contributed by atoms with Crippen molar-refractivity contribution in [2.24, 2.45) is 23.7 Å². The maximum atomic E-state index is 14.0. The van der Waals surface area contributed by atoms with Gasteiger partial charge in [-0.1, -0.05) is 40.8 Å². The molecule has 3 aliphatic carbocycles. The molecule has 0 aromatic carbocycles. The molecular formula is C23H23F5I2O9S. The van der Waals surface area contributed by atoms with E-state index in [2.05, 4.69) is 4.74 Å². The summed E-state index contributed by atoms with van der Waals surface area (Å²) in [5, 5.41) is -5.93. The molecule has 40 heavy (non-hydrogen) atoms. The van der Waals surface area contributed by atoms with Gasteiger partial charge < -0.3 is 14.2 Å². The number of allylic oxidation sites excluding steroid dienone is 4. The summed E-state index contributed by atoms with van der Waals surface area (Å²) in [5.41, 5.74) is -1.61. The highest BCUT2D eigenvalue weighted by Crippen LogP contribution is 2.50. The number of halogens is 7. The Labute approximate surface area is 252 Å². The summed E-state index contributed by atoms with van der Waals surface area (Å²) in [6.07, 6.45) is -5.70. The average molecular weight is 824 g/mol. The predicted octanol–water partition coefficient (Wildman–Crippen LogP) is 5.04. The normalized spacial score (nSPS) is 27.8. The number of alkyl halides is 6. The van der Waals surface area contributed by atoms with Crippen LogP contribution in [0, 0.1) is 23.7 Å². The van der Waals surface area contributed by atoms with Crippen LogP contribution in [0.3, 0.4) is 0 Å². The first-order valence-corrected chi connectivity index (χ1v) is 15.3. The lowest BCUT2D eigenvalue weighted by molar-refractivity contribution is -0.257. The first-order valence-electron chi connectivity index (χ1n) is 11.5. The predicted molar refractivity (Wildman–Crippen MR) is 144 cm³/mol. The molecule has 0 aromatic rings. The molecule has 1 N–H and O–H groups in total. The van der Waals surface area contributed by atoms with Gasteiger partial charge in [0.25, 0.3) is 6.10 Å². The average Bonchev–Trinajstić information content (AvgIpc) is 3.37. The smallest absolute Gasteiger partial charge is 0.432 e. The minimum atomic E-state index is -6.66. The monoisotopic (exact) mass is 824 g/mol. The summed E-state index contributed by atoms with van der Waals surface area (Å²) in [6, 6.07) is 0. The van der Waals surface area contributed by atoms with Gasteiger partial charge in [-0.3, -0.25) is 14.1 Å². The second-order valence-electron chi connectivity index (χ2n) is 10.4. The molecule has 0 heterocycles. The number of fused-ring (bicyclic) bond motifs is 2. The zero-order chi connectivity index (χ0) is 30.6. The highest BCUT2D eigenvalue weighted by molar-refractivity contribution is 14.1. The van der Waals surface area contributed by atoms with Crippen LogP contribution in [0.25, 0.3) is 0 Å². The molecule has 2 bridgehead atoms. The van der Waals surface area contributed by atoms with Crippen molar-refractivity contribution in [2.45, 2.75) is 60.7 Å². The molecule has 3 rings (SSSR count). The number of esters is 3. The number of ether oxygens (including phenoxy) is 3. The highest BCUT2D eigenvalue weighted by Gasteiger charge is 2.66. The fourth-order valence-corrected chi connectivity index (χ4v) is 7.46. The van der Waals surface area contributed by atoms with Crippen LogP contribution in [0.2, 0.25) is 0 Å². The van der Waals surface area contributed by atoms with Crippen molar-refractivity contribution in [1.29, 1.82) is 0 Å². The van der Waals surface area contributed by atoms with Crippen molar-refractivity contribution in [2.75, 3.05) is 0 Å². The van der Waals surface area contributed by atoms with Crippen LogP contribution in [-0.4, -0.2) is 57.9 Å². The van der Waals surface area contributed by atoms with Gasteiger partial charge in [0.15, 0.2) is 5.76 Å². The van der Waals surface area contributed by atoms with Crippen molar-refractivity contribution >= 4 is 73.2 Å². The molecule has 9 nitrogen and oxygen atoms in total. The van der Waals surface area contributed by atoms with E-state index in [-0.39, 0.29) is 9.50 Å². The molecule has 0 aromatic heterocycles. The van der Waals surface area contributed by atoms with Gasteiger partial charge in [0.05, 0.1) is 21.0 Å². The molecule has 1 saturated carbocycles. The van der Waals surface area contributed by atoms with Gasteiger partial charge in [-0.15, -0.1) is 0 Å². The van der Waals surface area contributed by atoms with Gasteiger partial charge in [0.1, 0.15) is 5.60 Å². The highest BCUT2D eigenvalue weighted by atomic mass is 127. The van der Waals surface area contributed by atoms with Crippen LogP contribution in [0.15, 0.2) is 33.1 Å². The second-order valence-corrected chi connectivity index (χ2v) is 14.6. The van der Waals surface area contributed by atoms with Crippen LogP contribution < -0.4 is 0 Å². The van der Waals surface area contributed by atoms with Crippen LogP contribution in [0.4, 0.5) is 22.0 Å². The van der Waals surface area contributed by atoms with E-state index in [1.54, 1.807) is 78.1 Å². The van der Waals surface area contributed by atoms with Crippen molar-refractivity contribution < 1.29 is 63.5 Å². The van der Waals surface area contributed by atoms with Crippen LogP contribution in [-0.2, 0) is 38.7 Å². The van der Waals surface area contributed by atoms with E-state index >= 15 is 0 Å². The topological polar surface area (TPSA) is 133 Å². The Bertz CT molecular complexity index is 1280. The Morgan fingerprint density at radius 3 is 2.02 bits per heavy atom. The molecule has 1 fully saturated rings. The zero-order valence-electron chi connectivity index (χ0n) is 20.9. The molecule has 0 saturated heterocycles. The maximum absolute atomic E-state index is 14.0. The summed E-state index contributed by atoms with van der Waals surface area (Å²) >= 11 is 3.40. The summed E-state index contributed by atoms with van der Waals surface area (Å²) < 4.78 is 113. The van der Waals surface area contributed by atoms with Crippen molar-refractivity contribution in [3.05, 3.63) is 33.1 Å². The minimum Gasteiger partial charge on any atom is -0.460 e. The molecule has 0 amide bonds. The Hall–Kier alpha value is -1.35. The summed E-state index contributed by atoms with van der Waals surface area (Å²) in [4.78, 5) is 39.1. The van der Waals surface area contributed by atoms with Crippen LogP contribution in [0.1, 0.15) is 33.6 Å². The molecule has 224 valence electrons. The van der Waals surface area contributed by atoms with E-state index in [1.807, 2.05) is 0 Å². The van der Waals surface area contributed by atoms with Crippen molar-refractivity contribution in [1.82, 2.24) is 0 Å². The molecule has 6 unspecified atom stereocenters. The lowest BCUT2D eigenvalue weighted by Gasteiger charge is -2.30. The minimum absolute atomic E-state index is 0.0566. The van der Waals surface area contributed by atoms with E-state index in [0.717, 1.165) is 0 Å². The number of carbonyl (C=O) groups excluding carboxylic acids is 3. The number of rotatable bonds is 7. The standard InChI is InChI=1S/C23H23F5I2O9S/c1-21(2,3)39-19(33)15-10-5-4-9(6-10)14(15)18(32)37-16-12(7-11(29)8-13(16)30)17(31)38-20(22(24,25)26)23(27,28)40(34,35)36/h4-5,8-11,14-15,20H,6-7H2,1-3H3,(H,34,35,36). The number of hydrogen-bond donors (Lipinski definition) is 1. The van der Waals surface area contributed by atoms with Gasteiger partial charge in [-0.05, 0) is 68.0 Å². The summed E-state index contributed by atoms with van der Waals surface area (Å²) in [6.45, 7) is 4.91. The van der Waals surface area contributed by atoms with Gasteiger partial charge in [-0.25, -0.2) is 4.79 Å². The second kappa shape index (κ2) is 11.4. The first-order chi connectivity index (χ1) is 18.0. The third kappa shape index (κ3) is 6.99. The van der Waals surface area contributed by atoms with Gasteiger partial charge in [0, 0.05) is 3.92 Å². The lowest BCUT2D eigenvalue weighted by Crippen LogP contribution is -2.52. The fraction of sp³-hybridized carbons (Fsp3) is 0.609. The van der Waals surface area contributed by atoms with E-state index < -0.39 is 90.6 Å². The maximum Gasteiger partial charge on any atom is 0.432 e. The molecule has 3 aliphatic rings. The van der Waals surface area contributed by atoms with E-state index in [1.165, 1.54) is 6.08 Å². The Balaban J connectivity index is 1.96. The van der Waals surface area contributed by atoms with Gasteiger partial charge in [-0.2, -0.15) is 30.4 Å². The van der Waals surface area contributed by atoms with Gasteiger partial charge >= 0.3 is 39.5 Å². The van der Waals surface area contributed by atoms with Crippen LogP contribution >= 0.6 is 45.2 Å². The lowest BCUT2D eigenvalue weighted by atomic mass is 9.83. The fourth-order valence-electron chi connectivity index (χ4n) is 4.65. The number of carbonyl (C=O) groups is 3. The molecule has 17 heteroatoms. The Kier molecular flexibility index (Phi) is 9.44. The van der Waals surface area contributed by atoms with E-state index in [4.69, 9.17) is 14.0 Å². The van der Waals surface area contributed by atoms with E-state index in [9.17, 15) is 44.8 Å². The Morgan fingerprint density at radius 1 is 1.02 bits per heavy atom. The summed E-state index contributed by atoms with van der Waals surface area (Å²) in [7, 11) is -6.66. The third-order valence-electron chi connectivity index (χ3n) is 6.25. The summed E-state index contributed by atoms with van der Waals surface area (Å²) in [5.74, 6) is -7.06. The first kappa shape index (κ1) is 33.2. The van der Waals surface area contributed by atoms with Crippen molar-refractivity contribution in [3.63, 3.8) is 0 Å². The SMILES string of the molecule is CC(C)(C)OC(=O)C1C2C=CC(C2)C1C(=O)OC1=C(C(=O)OC(C(F)(F)F)C(F)(F)S(=O)(=O)O)CC(I)C=C1I. The molecule has 0 radical (unpaired) electrons. The number of hydrogen-bond acceptors (Lipinski definition) is 8. The zero-order valence-corrected chi connectivity index (χ0v) is 26.0. The molecule has 0 aliphatic heterocycles. The Morgan fingerprint density at radius 2 is 1.55 bits per heavy atom. The quantitative estimate of drug-likeness (QED) is 0.0714. The largest absolute Gasteiger partial charge is 0.460 e. The third-order valence-corrected chi connectivity index (χ3v) is 8.80. The molecule has 0 spiro atoms. The van der Waals surface area contributed by atoms with Crippen molar-refractivity contribution in [3.8, 4) is 0 Å². The van der Waals surface area contributed by atoms with Crippen LogP contribution in [0.5, 0.6) is 0 Å². The van der Waals surface area contributed by atoms with E-state index in [0.29, 0.717) is 6.42 Å². The van der Waals surface area contributed by atoms with Gasteiger partial charge in [0.2, 0.25) is 0 Å².